The standard InChI is InChI=1S/C10H19NO2/c1-2-10(12)11-6-3-7-13-8-9-4-5-9/h9H,2-8H2,1H3,(H,11,12). The van der Waals surface area contributed by atoms with Gasteiger partial charge in [-0.05, 0) is 25.2 Å². The Morgan fingerprint density at radius 2 is 2.31 bits per heavy atom. The first kappa shape index (κ1) is 10.5. The molecule has 0 aromatic carbocycles. The average Bonchev–Trinajstić information content (AvgIpc) is 2.94. The lowest BCUT2D eigenvalue weighted by Gasteiger charge is -2.04. The summed E-state index contributed by atoms with van der Waals surface area (Å²) in [6.45, 7) is 4.30. The first-order valence-corrected chi connectivity index (χ1v) is 5.17. The van der Waals surface area contributed by atoms with Crippen molar-refractivity contribution in [3.8, 4) is 0 Å². The van der Waals surface area contributed by atoms with E-state index in [1.165, 1.54) is 12.8 Å². The number of ether oxygens (including phenoxy) is 1. The Morgan fingerprint density at radius 3 is 2.92 bits per heavy atom. The summed E-state index contributed by atoms with van der Waals surface area (Å²) in [5.41, 5.74) is 0. The van der Waals surface area contributed by atoms with E-state index in [0.29, 0.717) is 6.42 Å². The Labute approximate surface area is 79.8 Å². The van der Waals surface area contributed by atoms with Crippen molar-refractivity contribution in [1.82, 2.24) is 5.32 Å². The summed E-state index contributed by atoms with van der Waals surface area (Å²) in [5, 5.41) is 2.82. The summed E-state index contributed by atoms with van der Waals surface area (Å²) in [5.74, 6) is 0.965. The van der Waals surface area contributed by atoms with Crippen LogP contribution in [0.3, 0.4) is 0 Å². The zero-order chi connectivity index (χ0) is 9.52. The predicted octanol–water partition coefficient (Wildman–Crippen LogP) is 1.33. The Kier molecular flexibility index (Phi) is 4.83. The van der Waals surface area contributed by atoms with Crippen molar-refractivity contribution in [2.24, 2.45) is 5.92 Å². The van der Waals surface area contributed by atoms with Gasteiger partial charge in [-0.3, -0.25) is 4.79 Å². The molecule has 0 aliphatic heterocycles. The fraction of sp³-hybridized carbons (Fsp3) is 0.900. The van der Waals surface area contributed by atoms with Crippen LogP contribution < -0.4 is 5.32 Å². The van der Waals surface area contributed by atoms with Crippen molar-refractivity contribution >= 4 is 5.91 Å². The molecule has 1 saturated carbocycles. The van der Waals surface area contributed by atoms with Crippen molar-refractivity contribution < 1.29 is 9.53 Å². The number of amides is 1. The zero-order valence-corrected chi connectivity index (χ0v) is 8.34. The van der Waals surface area contributed by atoms with Crippen molar-refractivity contribution in [3.05, 3.63) is 0 Å². The van der Waals surface area contributed by atoms with Gasteiger partial charge in [-0.25, -0.2) is 0 Å². The van der Waals surface area contributed by atoms with Gasteiger partial charge >= 0.3 is 0 Å². The van der Waals surface area contributed by atoms with E-state index < -0.39 is 0 Å². The molecule has 0 spiro atoms. The van der Waals surface area contributed by atoms with Gasteiger partial charge in [0.15, 0.2) is 0 Å². The third kappa shape index (κ3) is 5.64. The molecule has 0 aromatic rings. The maximum absolute atomic E-state index is 10.8. The molecule has 1 aliphatic rings. The first-order chi connectivity index (χ1) is 6.33. The van der Waals surface area contributed by atoms with E-state index in [-0.39, 0.29) is 5.91 Å². The fourth-order valence-electron chi connectivity index (χ4n) is 1.06. The number of rotatable bonds is 7. The molecule has 1 fully saturated rings. The molecule has 0 atom stereocenters. The van der Waals surface area contributed by atoms with Crippen LogP contribution in [0.5, 0.6) is 0 Å². The highest BCUT2D eigenvalue weighted by Gasteiger charge is 2.20. The highest BCUT2D eigenvalue weighted by Crippen LogP contribution is 2.28. The molecule has 0 unspecified atom stereocenters. The van der Waals surface area contributed by atoms with Crippen molar-refractivity contribution in [3.63, 3.8) is 0 Å². The van der Waals surface area contributed by atoms with Crippen LogP contribution in [-0.2, 0) is 9.53 Å². The van der Waals surface area contributed by atoms with E-state index in [2.05, 4.69) is 5.32 Å². The second-order valence-electron chi connectivity index (χ2n) is 3.58. The molecule has 76 valence electrons. The molecule has 1 rings (SSSR count). The predicted molar refractivity (Wildman–Crippen MR) is 51.5 cm³/mol. The van der Waals surface area contributed by atoms with Gasteiger partial charge in [-0.2, -0.15) is 0 Å². The van der Waals surface area contributed by atoms with E-state index in [1.54, 1.807) is 0 Å². The maximum Gasteiger partial charge on any atom is 0.219 e. The topological polar surface area (TPSA) is 38.3 Å². The average molecular weight is 185 g/mol. The van der Waals surface area contributed by atoms with Crippen LogP contribution in [-0.4, -0.2) is 25.7 Å². The highest BCUT2D eigenvalue weighted by atomic mass is 16.5. The minimum atomic E-state index is 0.127. The minimum absolute atomic E-state index is 0.127. The zero-order valence-electron chi connectivity index (χ0n) is 8.34. The molecule has 1 amide bonds. The summed E-state index contributed by atoms with van der Waals surface area (Å²) in [6, 6.07) is 0. The molecule has 0 radical (unpaired) electrons. The van der Waals surface area contributed by atoms with Crippen LogP contribution >= 0.6 is 0 Å². The molecule has 13 heavy (non-hydrogen) atoms. The van der Waals surface area contributed by atoms with E-state index in [0.717, 1.165) is 32.1 Å². The van der Waals surface area contributed by atoms with Crippen molar-refractivity contribution in [1.29, 1.82) is 0 Å². The molecular formula is C10H19NO2. The molecule has 3 heteroatoms. The van der Waals surface area contributed by atoms with Crippen LogP contribution in [0.25, 0.3) is 0 Å². The number of hydrogen-bond acceptors (Lipinski definition) is 2. The summed E-state index contributed by atoms with van der Waals surface area (Å²) in [6.07, 6.45) is 4.18. The molecule has 3 nitrogen and oxygen atoms in total. The molecule has 1 aliphatic carbocycles. The van der Waals surface area contributed by atoms with Crippen LogP contribution in [0.1, 0.15) is 32.6 Å². The number of nitrogens with one attached hydrogen (secondary N) is 1. The Bertz CT molecular complexity index is 155. The fourth-order valence-corrected chi connectivity index (χ4v) is 1.06. The third-order valence-corrected chi connectivity index (χ3v) is 2.16. The van der Waals surface area contributed by atoms with Crippen LogP contribution in [0, 0.1) is 5.92 Å². The molecular weight excluding hydrogens is 166 g/mol. The molecule has 0 bridgehead atoms. The Hall–Kier alpha value is -0.570. The van der Waals surface area contributed by atoms with Gasteiger partial charge in [0.05, 0.1) is 0 Å². The monoisotopic (exact) mass is 185 g/mol. The van der Waals surface area contributed by atoms with Gasteiger partial charge in [-0.1, -0.05) is 6.92 Å². The lowest BCUT2D eigenvalue weighted by molar-refractivity contribution is -0.120. The summed E-state index contributed by atoms with van der Waals surface area (Å²) < 4.78 is 5.42. The van der Waals surface area contributed by atoms with Gasteiger partial charge in [0, 0.05) is 26.2 Å². The van der Waals surface area contributed by atoms with Crippen molar-refractivity contribution in [2.75, 3.05) is 19.8 Å². The van der Waals surface area contributed by atoms with Crippen LogP contribution in [0.4, 0.5) is 0 Å². The summed E-state index contributed by atoms with van der Waals surface area (Å²) in [4.78, 5) is 10.8. The largest absolute Gasteiger partial charge is 0.381 e. The SMILES string of the molecule is CCC(=O)NCCCOCC1CC1. The second kappa shape index (κ2) is 5.97. The van der Waals surface area contributed by atoms with Gasteiger partial charge in [0.1, 0.15) is 0 Å². The quantitative estimate of drug-likeness (QED) is 0.608. The van der Waals surface area contributed by atoms with E-state index >= 15 is 0 Å². The molecule has 0 heterocycles. The Balaban J connectivity index is 1.75. The smallest absolute Gasteiger partial charge is 0.219 e. The first-order valence-electron chi connectivity index (χ1n) is 5.17. The number of hydrogen-bond donors (Lipinski definition) is 1. The Morgan fingerprint density at radius 1 is 1.54 bits per heavy atom. The van der Waals surface area contributed by atoms with Gasteiger partial charge < -0.3 is 10.1 Å². The summed E-state index contributed by atoms with van der Waals surface area (Å²) >= 11 is 0. The third-order valence-electron chi connectivity index (χ3n) is 2.16. The number of carbonyl (C=O) groups excluding carboxylic acids is 1. The normalized spacial score (nSPS) is 15.8. The number of carbonyl (C=O) groups is 1. The van der Waals surface area contributed by atoms with E-state index in [4.69, 9.17) is 4.74 Å². The van der Waals surface area contributed by atoms with E-state index in [1.807, 2.05) is 6.92 Å². The molecule has 0 aromatic heterocycles. The van der Waals surface area contributed by atoms with Crippen molar-refractivity contribution in [2.45, 2.75) is 32.6 Å². The van der Waals surface area contributed by atoms with Gasteiger partial charge in [0.25, 0.3) is 0 Å². The van der Waals surface area contributed by atoms with Crippen LogP contribution in [0.15, 0.2) is 0 Å². The maximum atomic E-state index is 10.8. The lowest BCUT2D eigenvalue weighted by atomic mass is 10.4. The summed E-state index contributed by atoms with van der Waals surface area (Å²) in [7, 11) is 0. The minimum Gasteiger partial charge on any atom is -0.381 e. The lowest BCUT2D eigenvalue weighted by Crippen LogP contribution is -2.24. The highest BCUT2D eigenvalue weighted by molar-refractivity contribution is 5.75. The van der Waals surface area contributed by atoms with Gasteiger partial charge in [0.2, 0.25) is 5.91 Å². The van der Waals surface area contributed by atoms with Gasteiger partial charge in [-0.15, -0.1) is 0 Å². The second-order valence-corrected chi connectivity index (χ2v) is 3.58. The molecule has 0 saturated heterocycles. The van der Waals surface area contributed by atoms with Crippen LogP contribution in [0.2, 0.25) is 0 Å². The molecule has 1 N–H and O–H groups in total. The van der Waals surface area contributed by atoms with E-state index in [9.17, 15) is 4.79 Å².